The number of aromatic nitrogens is 2. The van der Waals surface area contributed by atoms with Crippen LogP contribution in [0.1, 0.15) is 13.8 Å². The Balaban J connectivity index is 2.45. The molecule has 0 unspecified atom stereocenters. The molecule has 1 aromatic heterocycles. The molecule has 21 heavy (non-hydrogen) atoms. The zero-order valence-corrected chi connectivity index (χ0v) is 12.5. The van der Waals surface area contributed by atoms with Crippen LogP contribution in [0.5, 0.6) is 5.75 Å². The molecule has 2 aromatic rings. The average Bonchev–Trinajstić information content (AvgIpc) is 2.50. The molecular formula is C15H20N2O4. The van der Waals surface area contributed by atoms with Crippen LogP contribution in [0.3, 0.4) is 0 Å². The predicted octanol–water partition coefficient (Wildman–Crippen LogP) is 1.80. The van der Waals surface area contributed by atoms with Crippen molar-refractivity contribution in [1.29, 1.82) is 0 Å². The zero-order valence-electron chi connectivity index (χ0n) is 12.5. The second-order valence-corrected chi connectivity index (χ2v) is 4.40. The first-order valence-corrected chi connectivity index (χ1v) is 6.96. The van der Waals surface area contributed by atoms with Gasteiger partial charge >= 0.3 is 0 Å². The molecule has 0 aliphatic heterocycles. The van der Waals surface area contributed by atoms with Crippen LogP contribution in [-0.2, 0) is 16.0 Å². The van der Waals surface area contributed by atoms with E-state index in [1.165, 1.54) is 6.20 Å². The molecule has 0 bridgehead atoms. The van der Waals surface area contributed by atoms with Crippen LogP contribution in [0.4, 0.5) is 0 Å². The van der Waals surface area contributed by atoms with E-state index in [4.69, 9.17) is 14.2 Å². The molecule has 0 N–H and O–H groups in total. The smallest absolute Gasteiger partial charge is 0.269 e. The second kappa shape index (κ2) is 7.19. The molecule has 0 spiro atoms. The van der Waals surface area contributed by atoms with Crippen molar-refractivity contribution >= 4 is 11.0 Å². The fourth-order valence-corrected chi connectivity index (χ4v) is 2.13. The van der Waals surface area contributed by atoms with Gasteiger partial charge < -0.3 is 18.8 Å². The van der Waals surface area contributed by atoms with Gasteiger partial charge in [0.25, 0.3) is 5.56 Å². The highest BCUT2D eigenvalue weighted by atomic mass is 16.7. The number of nitrogens with zero attached hydrogens (tertiary/aromatic N) is 2. The van der Waals surface area contributed by atoms with Gasteiger partial charge in [0.15, 0.2) is 6.29 Å². The number of fused-ring (bicyclic) bond motifs is 1. The minimum atomic E-state index is -0.463. The Kier molecular flexibility index (Phi) is 5.30. The van der Waals surface area contributed by atoms with E-state index < -0.39 is 6.29 Å². The Labute approximate surface area is 123 Å². The summed E-state index contributed by atoms with van der Waals surface area (Å²) in [6, 6.07) is 5.42. The lowest BCUT2D eigenvalue weighted by Gasteiger charge is -2.19. The van der Waals surface area contributed by atoms with E-state index in [0.717, 1.165) is 5.52 Å². The Hall–Kier alpha value is -1.92. The first kappa shape index (κ1) is 15.5. The minimum absolute atomic E-state index is 0.194. The lowest BCUT2D eigenvalue weighted by atomic mass is 10.2. The van der Waals surface area contributed by atoms with Gasteiger partial charge in [-0.3, -0.25) is 4.79 Å². The topological polar surface area (TPSA) is 62.6 Å². The van der Waals surface area contributed by atoms with Crippen molar-refractivity contribution in [3.05, 3.63) is 34.7 Å². The molecule has 0 atom stereocenters. The van der Waals surface area contributed by atoms with Gasteiger partial charge in [-0.2, -0.15) is 0 Å². The van der Waals surface area contributed by atoms with Crippen LogP contribution >= 0.6 is 0 Å². The van der Waals surface area contributed by atoms with Crippen LogP contribution in [0, 0.1) is 0 Å². The van der Waals surface area contributed by atoms with Gasteiger partial charge in [-0.15, -0.1) is 0 Å². The molecule has 114 valence electrons. The molecule has 1 aromatic carbocycles. The predicted molar refractivity (Wildman–Crippen MR) is 79.6 cm³/mol. The minimum Gasteiger partial charge on any atom is -0.497 e. The van der Waals surface area contributed by atoms with Crippen molar-refractivity contribution in [2.45, 2.75) is 26.7 Å². The molecule has 0 aliphatic carbocycles. The summed E-state index contributed by atoms with van der Waals surface area (Å²) in [5, 5.41) is 0. The Morgan fingerprint density at radius 3 is 2.57 bits per heavy atom. The monoisotopic (exact) mass is 292 g/mol. The highest BCUT2D eigenvalue weighted by molar-refractivity contribution is 5.76. The zero-order chi connectivity index (χ0) is 15.2. The molecule has 0 radical (unpaired) electrons. The lowest BCUT2D eigenvalue weighted by molar-refractivity contribution is -0.143. The summed E-state index contributed by atoms with van der Waals surface area (Å²) >= 11 is 0. The molecule has 0 saturated carbocycles. The van der Waals surface area contributed by atoms with E-state index in [9.17, 15) is 4.79 Å². The van der Waals surface area contributed by atoms with Crippen molar-refractivity contribution in [1.82, 2.24) is 9.55 Å². The highest BCUT2D eigenvalue weighted by Gasteiger charge is 2.13. The molecule has 0 saturated heterocycles. The van der Waals surface area contributed by atoms with E-state index in [-0.39, 0.29) is 5.56 Å². The maximum atomic E-state index is 12.1. The van der Waals surface area contributed by atoms with Crippen molar-refractivity contribution in [3.63, 3.8) is 0 Å². The molecule has 0 fully saturated rings. The number of ether oxygens (including phenoxy) is 3. The molecular weight excluding hydrogens is 272 g/mol. The van der Waals surface area contributed by atoms with Crippen molar-refractivity contribution in [2.24, 2.45) is 0 Å². The Bertz CT molecular complexity index is 648. The average molecular weight is 292 g/mol. The third-order valence-electron chi connectivity index (χ3n) is 3.09. The van der Waals surface area contributed by atoms with E-state index in [1.54, 1.807) is 17.7 Å². The third kappa shape index (κ3) is 3.59. The molecule has 6 heteroatoms. The standard InChI is InChI=1S/C15H20N2O4/c1-4-20-15(21-5-2)10-17-13-8-11(19-3)6-7-12(13)16-9-14(17)18/h6-9,15H,4-5,10H2,1-3H3. The van der Waals surface area contributed by atoms with Crippen LogP contribution in [0.2, 0.25) is 0 Å². The van der Waals surface area contributed by atoms with Crippen LogP contribution in [0.15, 0.2) is 29.2 Å². The largest absolute Gasteiger partial charge is 0.497 e. The van der Waals surface area contributed by atoms with E-state index in [0.29, 0.717) is 31.0 Å². The maximum absolute atomic E-state index is 12.1. The lowest BCUT2D eigenvalue weighted by Crippen LogP contribution is -2.30. The third-order valence-corrected chi connectivity index (χ3v) is 3.09. The Morgan fingerprint density at radius 1 is 1.24 bits per heavy atom. The van der Waals surface area contributed by atoms with Gasteiger partial charge in [0.2, 0.25) is 0 Å². The summed E-state index contributed by atoms with van der Waals surface area (Å²) in [6.07, 6.45) is 0.846. The van der Waals surface area contributed by atoms with Gasteiger partial charge in [0.05, 0.1) is 30.9 Å². The molecule has 6 nitrogen and oxygen atoms in total. The summed E-state index contributed by atoms with van der Waals surface area (Å²) in [7, 11) is 1.59. The van der Waals surface area contributed by atoms with E-state index >= 15 is 0 Å². The molecule has 1 heterocycles. The molecule has 0 aliphatic rings. The Morgan fingerprint density at radius 2 is 1.95 bits per heavy atom. The fourth-order valence-electron chi connectivity index (χ4n) is 2.13. The van der Waals surface area contributed by atoms with Crippen LogP contribution in [0.25, 0.3) is 11.0 Å². The number of methoxy groups -OCH3 is 1. The van der Waals surface area contributed by atoms with Gasteiger partial charge in [-0.1, -0.05) is 0 Å². The van der Waals surface area contributed by atoms with Gasteiger partial charge in [-0.05, 0) is 26.0 Å². The number of rotatable bonds is 7. The van der Waals surface area contributed by atoms with Crippen molar-refractivity contribution in [2.75, 3.05) is 20.3 Å². The van der Waals surface area contributed by atoms with Crippen molar-refractivity contribution in [3.8, 4) is 5.75 Å². The van der Waals surface area contributed by atoms with E-state index in [1.807, 2.05) is 26.0 Å². The van der Waals surface area contributed by atoms with Gasteiger partial charge in [0, 0.05) is 19.3 Å². The summed E-state index contributed by atoms with van der Waals surface area (Å²) in [5.74, 6) is 0.674. The summed E-state index contributed by atoms with van der Waals surface area (Å²) in [4.78, 5) is 16.3. The fraction of sp³-hybridized carbons (Fsp3) is 0.467. The maximum Gasteiger partial charge on any atom is 0.269 e. The number of benzene rings is 1. The van der Waals surface area contributed by atoms with Crippen LogP contribution < -0.4 is 10.3 Å². The van der Waals surface area contributed by atoms with Gasteiger partial charge in [-0.25, -0.2) is 4.98 Å². The van der Waals surface area contributed by atoms with Gasteiger partial charge in [0.1, 0.15) is 5.75 Å². The summed E-state index contributed by atoms with van der Waals surface area (Å²) in [6.45, 7) is 5.13. The summed E-state index contributed by atoms with van der Waals surface area (Å²) in [5.41, 5.74) is 1.23. The molecule has 0 amide bonds. The van der Waals surface area contributed by atoms with Crippen molar-refractivity contribution < 1.29 is 14.2 Å². The second-order valence-electron chi connectivity index (χ2n) is 4.40. The number of hydrogen-bond donors (Lipinski definition) is 0. The molecule has 2 rings (SSSR count). The normalized spacial score (nSPS) is 11.2. The first-order chi connectivity index (χ1) is 10.2. The van der Waals surface area contributed by atoms with E-state index in [2.05, 4.69) is 4.98 Å². The summed E-state index contributed by atoms with van der Waals surface area (Å²) < 4.78 is 17.8. The SMILES string of the molecule is CCOC(Cn1c(=O)cnc2ccc(OC)cc21)OCC. The highest BCUT2D eigenvalue weighted by Crippen LogP contribution is 2.18. The number of hydrogen-bond acceptors (Lipinski definition) is 5. The quantitative estimate of drug-likeness (QED) is 0.728. The first-order valence-electron chi connectivity index (χ1n) is 6.96. The van der Waals surface area contributed by atoms with Crippen LogP contribution in [-0.4, -0.2) is 36.2 Å².